The van der Waals surface area contributed by atoms with E-state index < -0.39 is 0 Å². The molecule has 7 heteroatoms. The van der Waals surface area contributed by atoms with Crippen molar-refractivity contribution in [2.45, 2.75) is 32.5 Å². The fourth-order valence-electron chi connectivity index (χ4n) is 2.86. The number of halogens is 1. The molecule has 1 aromatic heterocycles. The van der Waals surface area contributed by atoms with Crippen LogP contribution in [0.4, 0.5) is 5.69 Å². The van der Waals surface area contributed by atoms with E-state index in [0.717, 1.165) is 34.2 Å². The van der Waals surface area contributed by atoms with Crippen LogP contribution in [0.2, 0.25) is 5.02 Å². The van der Waals surface area contributed by atoms with Gasteiger partial charge in [-0.25, -0.2) is 0 Å². The molecular weight excluding hydrogens is 380 g/mol. The van der Waals surface area contributed by atoms with Crippen molar-refractivity contribution in [1.82, 2.24) is 14.8 Å². The third-order valence-electron chi connectivity index (χ3n) is 4.09. The zero-order chi connectivity index (χ0) is 19.4. The maximum Gasteiger partial charge on any atom is 0.234 e. The van der Waals surface area contributed by atoms with Crippen molar-refractivity contribution in [2.75, 3.05) is 11.1 Å². The molecule has 0 aliphatic carbocycles. The highest BCUT2D eigenvalue weighted by Gasteiger charge is 2.15. The summed E-state index contributed by atoms with van der Waals surface area (Å²) in [6.07, 6.45) is 0. The number of rotatable bonds is 6. The lowest BCUT2D eigenvalue weighted by Gasteiger charge is -2.11. The molecule has 0 aliphatic heterocycles. The van der Waals surface area contributed by atoms with Crippen LogP contribution in [0, 0.1) is 13.8 Å². The average molecular weight is 401 g/mol. The number of carbonyl (C=O) groups is 1. The summed E-state index contributed by atoms with van der Waals surface area (Å²) >= 11 is 7.63. The Morgan fingerprint density at radius 1 is 1.19 bits per heavy atom. The maximum atomic E-state index is 12.4. The van der Waals surface area contributed by atoms with E-state index in [-0.39, 0.29) is 11.7 Å². The number of thioether (sulfide) groups is 1. The Balaban J connectivity index is 1.70. The summed E-state index contributed by atoms with van der Waals surface area (Å²) in [4.78, 5) is 12.4. The third kappa shape index (κ3) is 4.51. The zero-order valence-corrected chi connectivity index (χ0v) is 17.1. The van der Waals surface area contributed by atoms with Gasteiger partial charge in [-0.3, -0.25) is 4.79 Å². The Hall–Kier alpha value is -2.31. The van der Waals surface area contributed by atoms with Crippen molar-refractivity contribution >= 4 is 35.0 Å². The summed E-state index contributed by atoms with van der Waals surface area (Å²) in [5.74, 6) is 0.913. The van der Waals surface area contributed by atoms with Crippen LogP contribution in [0.25, 0.3) is 11.4 Å². The van der Waals surface area contributed by atoms with Gasteiger partial charge in [-0.05, 0) is 38.0 Å². The highest BCUT2D eigenvalue weighted by Crippen LogP contribution is 2.28. The quantitative estimate of drug-likeness (QED) is 0.593. The van der Waals surface area contributed by atoms with Crippen LogP contribution in [0.15, 0.2) is 47.6 Å². The molecule has 1 N–H and O–H groups in total. The number of carbonyl (C=O) groups excluding carboxylic acids is 1. The third-order valence-corrected chi connectivity index (χ3v) is 5.36. The first kappa shape index (κ1) is 19.5. The van der Waals surface area contributed by atoms with Gasteiger partial charge in [0.05, 0.1) is 16.5 Å². The van der Waals surface area contributed by atoms with Crippen LogP contribution < -0.4 is 5.32 Å². The highest BCUT2D eigenvalue weighted by molar-refractivity contribution is 7.99. The van der Waals surface area contributed by atoms with Gasteiger partial charge >= 0.3 is 0 Å². The molecule has 3 rings (SSSR count). The molecule has 5 nitrogen and oxygen atoms in total. The van der Waals surface area contributed by atoms with E-state index in [1.165, 1.54) is 11.8 Å². The second-order valence-corrected chi connectivity index (χ2v) is 7.54. The molecule has 0 unspecified atom stereocenters. The van der Waals surface area contributed by atoms with Crippen molar-refractivity contribution in [3.63, 3.8) is 0 Å². The fraction of sp³-hybridized carbons (Fsp3) is 0.250. The molecule has 3 aromatic rings. The van der Waals surface area contributed by atoms with Crippen molar-refractivity contribution in [3.8, 4) is 11.4 Å². The molecule has 0 saturated carbocycles. The molecule has 27 heavy (non-hydrogen) atoms. The Labute approximate surface area is 168 Å². The lowest BCUT2D eigenvalue weighted by Crippen LogP contribution is -2.16. The molecule has 0 atom stereocenters. The van der Waals surface area contributed by atoms with Crippen molar-refractivity contribution in [1.29, 1.82) is 0 Å². The standard InChI is InChI=1S/C20H21ClN4OS/c1-4-25-19(15-8-6-5-7-9-15)23-24-20(25)27-12-17(26)22-18-14(3)10-13(2)11-16(18)21/h5-11H,4,12H2,1-3H3,(H,22,26). The number of hydrogen-bond donors (Lipinski definition) is 1. The smallest absolute Gasteiger partial charge is 0.234 e. The van der Waals surface area contributed by atoms with Crippen LogP contribution in [-0.4, -0.2) is 26.4 Å². The monoisotopic (exact) mass is 400 g/mol. The van der Waals surface area contributed by atoms with Crippen LogP contribution in [0.3, 0.4) is 0 Å². The molecular formula is C20H21ClN4OS. The summed E-state index contributed by atoms with van der Waals surface area (Å²) in [6.45, 7) is 6.67. The van der Waals surface area contributed by atoms with Crippen molar-refractivity contribution < 1.29 is 4.79 Å². The Morgan fingerprint density at radius 3 is 2.59 bits per heavy atom. The summed E-state index contributed by atoms with van der Waals surface area (Å²) in [5, 5.41) is 12.7. The van der Waals surface area contributed by atoms with Gasteiger partial charge in [-0.2, -0.15) is 0 Å². The van der Waals surface area contributed by atoms with E-state index in [1.807, 2.05) is 67.8 Å². The predicted molar refractivity (Wildman–Crippen MR) is 111 cm³/mol. The number of hydrogen-bond acceptors (Lipinski definition) is 4. The number of nitrogens with one attached hydrogen (secondary N) is 1. The van der Waals surface area contributed by atoms with Crippen LogP contribution >= 0.6 is 23.4 Å². The predicted octanol–water partition coefficient (Wildman–Crippen LogP) is 4.97. The van der Waals surface area contributed by atoms with E-state index in [2.05, 4.69) is 15.5 Å². The van der Waals surface area contributed by atoms with E-state index in [4.69, 9.17) is 11.6 Å². The Bertz CT molecular complexity index is 933. The topological polar surface area (TPSA) is 59.8 Å². The van der Waals surface area contributed by atoms with Gasteiger partial charge in [0, 0.05) is 12.1 Å². The molecule has 0 saturated heterocycles. The van der Waals surface area contributed by atoms with E-state index in [9.17, 15) is 4.79 Å². The van der Waals surface area contributed by atoms with Gasteiger partial charge in [0.2, 0.25) is 5.91 Å². The zero-order valence-electron chi connectivity index (χ0n) is 15.5. The lowest BCUT2D eigenvalue weighted by atomic mass is 10.1. The molecule has 0 aliphatic rings. The van der Waals surface area contributed by atoms with Gasteiger partial charge in [-0.15, -0.1) is 10.2 Å². The minimum Gasteiger partial charge on any atom is -0.324 e. The average Bonchev–Trinajstić information content (AvgIpc) is 3.06. The maximum absolute atomic E-state index is 12.4. The first-order valence-corrected chi connectivity index (χ1v) is 10.0. The molecule has 0 fully saturated rings. The first-order chi connectivity index (χ1) is 13.0. The number of aryl methyl sites for hydroxylation is 2. The van der Waals surface area contributed by atoms with E-state index >= 15 is 0 Å². The number of nitrogens with zero attached hydrogens (tertiary/aromatic N) is 3. The van der Waals surface area contributed by atoms with E-state index in [1.54, 1.807) is 0 Å². The molecule has 0 bridgehead atoms. The summed E-state index contributed by atoms with van der Waals surface area (Å²) < 4.78 is 2.01. The van der Waals surface area contributed by atoms with Gasteiger partial charge in [-0.1, -0.05) is 59.8 Å². The number of anilines is 1. The second kappa shape index (κ2) is 8.59. The van der Waals surface area contributed by atoms with Crippen molar-refractivity contribution in [2.24, 2.45) is 0 Å². The lowest BCUT2D eigenvalue weighted by molar-refractivity contribution is -0.113. The van der Waals surface area contributed by atoms with Crippen LogP contribution in [0.5, 0.6) is 0 Å². The largest absolute Gasteiger partial charge is 0.324 e. The molecule has 1 amide bonds. The van der Waals surface area contributed by atoms with Gasteiger partial charge in [0.1, 0.15) is 0 Å². The molecule has 140 valence electrons. The normalized spacial score (nSPS) is 10.8. The van der Waals surface area contributed by atoms with Gasteiger partial charge in [0.15, 0.2) is 11.0 Å². The molecule has 0 radical (unpaired) electrons. The number of benzene rings is 2. The van der Waals surface area contributed by atoms with Gasteiger partial charge in [0.25, 0.3) is 0 Å². The van der Waals surface area contributed by atoms with Gasteiger partial charge < -0.3 is 9.88 Å². The summed E-state index contributed by atoms with van der Waals surface area (Å²) in [7, 11) is 0. The van der Waals surface area contributed by atoms with Crippen LogP contribution in [-0.2, 0) is 11.3 Å². The first-order valence-electron chi connectivity index (χ1n) is 8.67. The Kier molecular flexibility index (Phi) is 6.19. The SMILES string of the molecule is CCn1c(SCC(=O)Nc2c(C)cc(C)cc2Cl)nnc1-c1ccccc1. The Morgan fingerprint density at radius 2 is 1.93 bits per heavy atom. The summed E-state index contributed by atoms with van der Waals surface area (Å²) in [5.41, 5.74) is 3.68. The van der Waals surface area contributed by atoms with Crippen LogP contribution in [0.1, 0.15) is 18.1 Å². The van der Waals surface area contributed by atoms with Crippen molar-refractivity contribution in [3.05, 3.63) is 58.6 Å². The summed E-state index contributed by atoms with van der Waals surface area (Å²) in [6, 6.07) is 13.7. The molecule has 0 spiro atoms. The number of aromatic nitrogens is 3. The minimum absolute atomic E-state index is 0.124. The van der Waals surface area contributed by atoms with E-state index in [0.29, 0.717) is 10.7 Å². The number of amides is 1. The highest BCUT2D eigenvalue weighted by atomic mass is 35.5. The fourth-order valence-corrected chi connectivity index (χ4v) is 4.03. The molecule has 1 heterocycles. The second-order valence-electron chi connectivity index (χ2n) is 6.19. The molecule has 2 aromatic carbocycles. The minimum atomic E-state index is -0.124.